The van der Waals surface area contributed by atoms with Crippen LogP contribution in [0.4, 0.5) is 10.1 Å². The minimum atomic E-state index is -3.67. The summed E-state index contributed by atoms with van der Waals surface area (Å²) in [6.45, 7) is 2.60. The Bertz CT molecular complexity index is 575. The summed E-state index contributed by atoms with van der Waals surface area (Å²) in [6.07, 6.45) is 1.32. The first kappa shape index (κ1) is 15.2. The Morgan fingerprint density at radius 1 is 1.35 bits per heavy atom. The van der Waals surface area contributed by atoms with Crippen molar-refractivity contribution >= 4 is 15.7 Å². The Labute approximate surface area is 118 Å². The minimum absolute atomic E-state index is 0.0305. The maximum absolute atomic E-state index is 13.5. The van der Waals surface area contributed by atoms with Gasteiger partial charge in [0.2, 0.25) is 10.0 Å². The number of nitrogen functional groups attached to an aromatic ring is 1. The van der Waals surface area contributed by atoms with Crippen molar-refractivity contribution in [1.82, 2.24) is 4.31 Å². The first-order valence-electron chi connectivity index (χ1n) is 6.45. The molecule has 0 unspecified atom stereocenters. The van der Waals surface area contributed by atoms with Crippen LogP contribution in [0.1, 0.15) is 18.4 Å². The summed E-state index contributed by atoms with van der Waals surface area (Å²) in [5.41, 5.74) is 5.60. The van der Waals surface area contributed by atoms with E-state index in [1.54, 1.807) is 7.05 Å². The van der Waals surface area contributed by atoms with Crippen molar-refractivity contribution in [2.24, 2.45) is 0 Å². The van der Waals surface area contributed by atoms with Gasteiger partial charge >= 0.3 is 0 Å². The highest BCUT2D eigenvalue weighted by Gasteiger charge is 2.30. The Morgan fingerprint density at radius 3 is 2.50 bits per heavy atom. The quantitative estimate of drug-likeness (QED) is 0.859. The summed E-state index contributed by atoms with van der Waals surface area (Å²) in [5, 5.41) is 0. The number of sulfonamides is 1. The zero-order chi connectivity index (χ0) is 14.9. The van der Waals surface area contributed by atoms with Gasteiger partial charge in [-0.1, -0.05) is 0 Å². The lowest BCUT2D eigenvalue weighted by atomic mass is 10.1. The molecule has 1 saturated heterocycles. The molecule has 0 bridgehead atoms. The van der Waals surface area contributed by atoms with Crippen LogP contribution in [-0.2, 0) is 14.8 Å². The molecule has 0 spiro atoms. The molecule has 1 aromatic rings. The van der Waals surface area contributed by atoms with Gasteiger partial charge in [-0.2, -0.15) is 4.31 Å². The molecule has 0 amide bonds. The summed E-state index contributed by atoms with van der Waals surface area (Å²) in [5.74, 6) is -0.572. The molecule has 2 rings (SSSR count). The fraction of sp³-hybridized carbons (Fsp3) is 0.538. The molecular formula is C13H19FN2O3S. The van der Waals surface area contributed by atoms with E-state index in [0.29, 0.717) is 26.1 Å². The second kappa shape index (κ2) is 5.67. The van der Waals surface area contributed by atoms with Crippen LogP contribution in [0.3, 0.4) is 0 Å². The van der Waals surface area contributed by atoms with Gasteiger partial charge in [0.05, 0.1) is 10.6 Å². The van der Waals surface area contributed by atoms with Crippen LogP contribution in [0.25, 0.3) is 0 Å². The smallest absolute Gasteiger partial charge is 0.243 e. The fourth-order valence-electron chi connectivity index (χ4n) is 2.32. The normalized spacial score (nSPS) is 17.6. The van der Waals surface area contributed by atoms with Crippen molar-refractivity contribution in [1.29, 1.82) is 0 Å². The number of anilines is 1. The number of nitrogens with two attached hydrogens (primary N) is 1. The Balaban J connectivity index is 2.34. The molecule has 1 aromatic carbocycles. The van der Waals surface area contributed by atoms with E-state index in [1.807, 2.05) is 0 Å². The highest BCUT2D eigenvalue weighted by Crippen LogP contribution is 2.26. The van der Waals surface area contributed by atoms with E-state index >= 15 is 0 Å². The molecular weight excluding hydrogens is 283 g/mol. The van der Waals surface area contributed by atoms with Crippen molar-refractivity contribution in [3.8, 4) is 0 Å². The van der Waals surface area contributed by atoms with Gasteiger partial charge in [-0.3, -0.25) is 0 Å². The molecule has 1 aliphatic rings. The van der Waals surface area contributed by atoms with E-state index in [4.69, 9.17) is 10.5 Å². The molecule has 1 fully saturated rings. The molecule has 0 atom stereocenters. The Hall–Kier alpha value is -1.18. The number of benzene rings is 1. The lowest BCUT2D eigenvalue weighted by Gasteiger charge is -2.30. The third kappa shape index (κ3) is 2.79. The summed E-state index contributed by atoms with van der Waals surface area (Å²) < 4.78 is 45.2. The largest absolute Gasteiger partial charge is 0.396 e. The highest BCUT2D eigenvalue weighted by atomic mass is 32.2. The zero-order valence-electron chi connectivity index (χ0n) is 11.6. The number of nitrogens with zero attached hydrogens (tertiary/aromatic N) is 1. The average molecular weight is 302 g/mol. The molecule has 0 saturated carbocycles. The maximum atomic E-state index is 13.5. The van der Waals surface area contributed by atoms with Crippen LogP contribution in [0.2, 0.25) is 0 Å². The Morgan fingerprint density at radius 2 is 1.95 bits per heavy atom. The molecule has 112 valence electrons. The highest BCUT2D eigenvalue weighted by molar-refractivity contribution is 7.89. The number of ether oxygens (including phenoxy) is 1. The minimum Gasteiger partial charge on any atom is -0.396 e. The first-order chi connectivity index (χ1) is 9.34. The van der Waals surface area contributed by atoms with Crippen molar-refractivity contribution in [3.05, 3.63) is 23.5 Å². The van der Waals surface area contributed by atoms with E-state index in [0.717, 1.165) is 0 Å². The van der Waals surface area contributed by atoms with E-state index < -0.39 is 15.8 Å². The predicted octanol–water partition coefficient (Wildman–Crippen LogP) is 1.52. The summed E-state index contributed by atoms with van der Waals surface area (Å²) in [4.78, 5) is 0.0305. The van der Waals surface area contributed by atoms with Gasteiger partial charge in [0.15, 0.2) is 0 Å². The third-order valence-electron chi connectivity index (χ3n) is 3.64. The fourth-order valence-corrected chi connectivity index (χ4v) is 3.86. The van der Waals surface area contributed by atoms with Crippen LogP contribution in [0, 0.1) is 12.7 Å². The first-order valence-corrected chi connectivity index (χ1v) is 7.89. The van der Waals surface area contributed by atoms with Gasteiger partial charge in [0.25, 0.3) is 0 Å². The average Bonchev–Trinajstić information content (AvgIpc) is 2.44. The van der Waals surface area contributed by atoms with Crippen molar-refractivity contribution in [3.63, 3.8) is 0 Å². The number of hydrogen-bond acceptors (Lipinski definition) is 4. The van der Waals surface area contributed by atoms with Crippen molar-refractivity contribution in [2.45, 2.75) is 30.7 Å². The third-order valence-corrected chi connectivity index (χ3v) is 5.53. The van der Waals surface area contributed by atoms with E-state index in [2.05, 4.69) is 0 Å². The van der Waals surface area contributed by atoms with Gasteiger partial charge in [-0.05, 0) is 37.5 Å². The SMILES string of the molecule is Cc1cc(S(=O)(=O)N(C)C2CCOCC2)cc(N)c1F. The number of hydrogen-bond donors (Lipinski definition) is 1. The zero-order valence-corrected chi connectivity index (χ0v) is 12.4. The van der Waals surface area contributed by atoms with Gasteiger partial charge in [0.1, 0.15) is 5.82 Å². The van der Waals surface area contributed by atoms with Crippen LogP contribution in [0.5, 0.6) is 0 Å². The van der Waals surface area contributed by atoms with Gasteiger partial charge in [-0.15, -0.1) is 0 Å². The van der Waals surface area contributed by atoms with Crippen molar-refractivity contribution in [2.75, 3.05) is 26.0 Å². The van der Waals surface area contributed by atoms with E-state index in [-0.39, 0.29) is 22.2 Å². The topological polar surface area (TPSA) is 72.6 Å². The van der Waals surface area contributed by atoms with Crippen LogP contribution >= 0.6 is 0 Å². The molecule has 2 N–H and O–H groups in total. The summed E-state index contributed by atoms with van der Waals surface area (Å²) in [7, 11) is -2.13. The number of halogens is 1. The second-order valence-electron chi connectivity index (χ2n) is 5.01. The standard InChI is InChI=1S/C13H19FN2O3S/c1-9-7-11(8-12(15)13(9)14)20(17,18)16(2)10-3-5-19-6-4-10/h7-8,10H,3-6,15H2,1-2H3. The van der Waals surface area contributed by atoms with E-state index in [9.17, 15) is 12.8 Å². The maximum Gasteiger partial charge on any atom is 0.243 e. The number of aryl methyl sites for hydroxylation is 1. The Kier molecular flexibility index (Phi) is 4.31. The molecule has 5 nitrogen and oxygen atoms in total. The summed E-state index contributed by atoms with van der Waals surface area (Å²) in [6, 6.07) is 2.39. The molecule has 0 radical (unpaired) electrons. The predicted molar refractivity (Wildman–Crippen MR) is 74.3 cm³/mol. The van der Waals surface area contributed by atoms with Crippen LogP contribution < -0.4 is 5.73 Å². The lowest BCUT2D eigenvalue weighted by molar-refractivity contribution is 0.0632. The van der Waals surface area contributed by atoms with Gasteiger partial charge in [0, 0.05) is 26.3 Å². The second-order valence-corrected chi connectivity index (χ2v) is 7.01. The van der Waals surface area contributed by atoms with Gasteiger partial charge < -0.3 is 10.5 Å². The number of rotatable bonds is 3. The van der Waals surface area contributed by atoms with Crippen LogP contribution in [0.15, 0.2) is 17.0 Å². The summed E-state index contributed by atoms with van der Waals surface area (Å²) >= 11 is 0. The molecule has 0 aromatic heterocycles. The molecule has 1 aliphatic heterocycles. The van der Waals surface area contributed by atoms with Gasteiger partial charge in [-0.25, -0.2) is 12.8 Å². The molecule has 1 heterocycles. The van der Waals surface area contributed by atoms with E-state index in [1.165, 1.54) is 23.4 Å². The molecule has 0 aliphatic carbocycles. The molecule has 7 heteroatoms. The van der Waals surface area contributed by atoms with Crippen LogP contribution in [-0.4, -0.2) is 39.0 Å². The monoisotopic (exact) mass is 302 g/mol. The lowest BCUT2D eigenvalue weighted by Crippen LogP contribution is -2.40. The molecule has 20 heavy (non-hydrogen) atoms. The van der Waals surface area contributed by atoms with Crippen molar-refractivity contribution < 1.29 is 17.5 Å².